The highest BCUT2D eigenvalue weighted by Crippen LogP contribution is 2.20. The molecule has 1 heterocycles. The van der Waals surface area contributed by atoms with Gasteiger partial charge in [-0.3, -0.25) is 9.59 Å². The fraction of sp³-hybridized carbons (Fsp3) is 0.833. The zero-order valence-corrected chi connectivity index (χ0v) is 11.0. The second-order valence-electron chi connectivity index (χ2n) is 4.85. The molecule has 2 unspecified atom stereocenters. The summed E-state index contributed by atoms with van der Waals surface area (Å²) in [7, 11) is 3.45. The number of nitrogens with two attached hydrogens (primary N) is 1. The molecule has 2 N–H and O–H groups in total. The fourth-order valence-corrected chi connectivity index (χ4v) is 2.11. The Morgan fingerprint density at radius 3 is 2.65 bits per heavy atom. The molecule has 0 spiro atoms. The van der Waals surface area contributed by atoms with Crippen LogP contribution in [0.3, 0.4) is 0 Å². The maximum atomic E-state index is 12.0. The first-order valence-corrected chi connectivity index (χ1v) is 6.23. The number of hydrogen-bond donors (Lipinski definition) is 1. The van der Waals surface area contributed by atoms with Crippen LogP contribution in [0.1, 0.15) is 32.6 Å². The Kier molecular flexibility index (Phi) is 4.93. The molecule has 0 radical (unpaired) electrons. The second kappa shape index (κ2) is 6.00. The van der Waals surface area contributed by atoms with E-state index in [0.29, 0.717) is 13.0 Å². The van der Waals surface area contributed by atoms with Gasteiger partial charge in [-0.2, -0.15) is 0 Å². The third kappa shape index (κ3) is 3.43. The van der Waals surface area contributed by atoms with E-state index in [1.165, 1.54) is 0 Å². The van der Waals surface area contributed by atoms with Gasteiger partial charge < -0.3 is 15.5 Å². The van der Waals surface area contributed by atoms with Crippen LogP contribution in [0.4, 0.5) is 0 Å². The molecule has 0 aromatic heterocycles. The van der Waals surface area contributed by atoms with Gasteiger partial charge in [0.25, 0.3) is 0 Å². The van der Waals surface area contributed by atoms with E-state index in [9.17, 15) is 9.59 Å². The van der Waals surface area contributed by atoms with Crippen LogP contribution in [-0.2, 0) is 9.59 Å². The van der Waals surface area contributed by atoms with Crippen molar-refractivity contribution in [3.8, 4) is 0 Å². The zero-order chi connectivity index (χ0) is 13.0. The molecule has 1 fully saturated rings. The quantitative estimate of drug-likeness (QED) is 0.764. The molecule has 0 saturated carbocycles. The van der Waals surface area contributed by atoms with Crippen molar-refractivity contribution in [2.24, 2.45) is 5.73 Å². The molecule has 2 amide bonds. The Bertz CT molecular complexity index is 291. The highest BCUT2D eigenvalue weighted by atomic mass is 16.2. The van der Waals surface area contributed by atoms with Crippen molar-refractivity contribution in [3.05, 3.63) is 0 Å². The lowest BCUT2D eigenvalue weighted by atomic mass is 10.1. The minimum Gasteiger partial charge on any atom is -0.347 e. The smallest absolute Gasteiger partial charge is 0.244 e. The van der Waals surface area contributed by atoms with Gasteiger partial charge in [0.05, 0.1) is 0 Å². The molecule has 5 heteroatoms. The molecule has 1 rings (SSSR count). The van der Waals surface area contributed by atoms with Crippen molar-refractivity contribution in [1.82, 2.24) is 9.80 Å². The molecular formula is C12H23N3O2. The van der Waals surface area contributed by atoms with Gasteiger partial charge in [-0.05, 0) is 19.3 Å². The van der Waals surface area contributed by atoms with Crippen molar-refractivity contribution in [2.75, 3.05) is 20.6 Å². The minimum absolute atomic E-state index is 0.0112. The van der Waals surface area contributed by atoms with Crippen LogP contribution in [0.15, 0.2) is 0 Å². The van der Waals surface area contributed by atoms with Crippen LogP contribution in [0.5, 0.6) is 0 Å². The van der Waals surface area contributed by atoms with E-state index < -0.39 is 0 Å². The number of likely N-dealkylation sites (tertiary alicyclic amines) is 1. The van der Waals surface area contributed by atoms with E-state index in [-0.39, 0.29) is 23.9 Å². The molecular weight excluding hydrogens is 218 g/mol. The van der Waals surface area contributed by atoms with Crippen LogP contribution in [0.25, 0.3) is 0 Å². The van der Waals surface area contributed by atoms with Gasteiger partial charge in [0.1, 0.15) is 6.04 Å². The second-order valence-corrected chi connectivity index (χ2v) is 4.85. The van der Waals surface area contributed by atoms with Gasteiger partial charge in [-0.15, -0.1) is 0 Å². The lowest BCUT2D eigenvalue weighted by Gasteiger charge is -2.27. The SMILES string of the molecule is CCC(N)CC(=O)N1CCCC1C(=O)N(C)C. The van der Waals surface area contributed by atoms with Crippen LogP contribution < -0.4 is 5.73 Å². The molecule has 0 aromatic rings. The number of carbonyl (C=O) groups is 2. The van der Waals surface area contributed by atoms with Gasteiger partial charge in [-0.1, -0.05) is 6.92 Å². The predicted molar refractivity (Wildman–Crippen MR) is 66.3 cm³/mol. The van der Waals surface area contributed by atoms with E-state index in [4.69, 9.17) is 5.73 Å². The summed E-state index contributed by atoms with van der Waals surface area (Å²) < 4.78 is 0. The van der Waals surface area contributed by atoms with Crippen LogP contribution in [-0.4, -0.2) is 54.3 Å². The summed E-state index contributed by atoms with van der Waals surface area (Å²) >= 11 is 0. The molecule has 2 atom stereocenters. The molecule has 1 saturated heterocycles. The van der Waals surface area contributed by atoms with E-state index in [2.05, 4.69) is 0 Å². The van der Waals surface area contributed by atoms with E-state index in [1.54, 1.807) is 23.9 Å². The standard InChI is InChI=1S/C12H23N3O2/c1-4-9(13)8-11(16)15-7-5-6-10(15)12(17)14(2)3/h9-10H,4-8,13H2,1-3H3. The van der Waals surface area contributed by atoms with Crippen molar-refractivity contribution in [3.63, 3.8) is 0 Å². The van der Waals surface area contributed by atoms with Crippen molar-refractivity contribution < 1.29 is 9.59 Å². The van der Waals surface area contributed by atoms with Crippen LogP contribution >= 0.6 is 0 Å². The Balaban J connectivity index is 2.63. The molecule has 1 aliphatic rings. The Labute approximate surface area is 103 Å². The molecule has 0 aliphatic carbocycles. The molecule has 98 valence electrons. The molecule has 0 bridgehead atoms. The van der Waals surface area contributed by atoms with E-state index in [0.717, 1.165) is 19.3 Å². The minimum atomic E-state index is -0.276. The predicted octanol–water partition coefficient (Wildman–Crippen LogP) is 0.193. The first-order valence-electron chi connectivity index (χ1n) is 6.23. The monoisotopic (exact) mass is 241 g/mol. The molecule has 1 aliphatic heterocycles. The van der Waals surface area contributed by atoms with Crippen LogP contribution in [0.2, 0.25) is 0 Å². The topological polar surface area (TPSA) is 66.6 Å². The van der Waals surface area contributed by atoms with Crippen molar-refractivity contribution >= 4 is 11.8 Å². The lowest BCUT2D eigenvalue weighted by Crippen LogP contribution is -2.46. The highest BCUT2D eigenvalue weighted by molar-refractivity contribution is 5.88. The van der Waals surface area contributed by atoms with E-state index >= 15 is 0 Å². The summed E-state index contributed by atoms with van der Waals surface area (Å²) in [5.41, 5.74) is 5.78. The normalized spacial score (nSPS) is 21.4. The maximum Gasteiger partial charge on any atom is 0.244 e. The number of nitrogens with zero attached hydrogens (tertiary/aromatic N) is 2. The first kappa shape index (κ1) is 14.0. The number of carbonyl (C=O) groups excluding carboxylic acids is 2. The highest BCUT2D eigenvalue weighted by Gasteiger charge is 2.34. The van der Waals surface area contributed by atoms with Crippen molar-refractivity contribution in [1.29, 1.82) is 0 Å². The average Bonchev–Trinajstić information content (AvgIpc) is 2.76. The van der Waals surface area contributed by atoms with Gasteiger partial charge in [0.15, 0.2) is 0 Å². The summed E-state index contributed by atoms with van der Waals surface area (Å²) in [6.45, 7) is 2.64. The summed E-state index contributed by atoms with van der Waals surface area (Å²) in [4.78, 5) is 27.2. The van der Waals surface area contributed by atoms with Crippen LogP contribution in [0, 0.1) is 0 Å². The maximum absolute atomic E-state index is 12.0. The largest absolute Gasteiger partial charge is 0.347 e. The Morgan fingerprint density at radius 1 is 1.47 bits per heavy atom. The summed E-state index contributed by atoms with van der Waals surface area (Å²) in [5, 5.41) is 0. The summed E-state index contributed by atoms with van der Waals surface area (Å²) in [5.74, 6) is 0.0259. The number of likely N-dealkylation sites (N-methyl/N-ethyl adjacent to an activating group) is 1. The Hall–Kier alpha value is -1.10. The molecule has 17 heavy (non-hydrogen) atoms. The number of rotatable bonds is 4. The third-order valence-electron chi connectivity index (χ3n) is 3.26. The number of hydrogen-bond acceptors (Lipinski definition) is 3. The van der Waals surface area contributed by atoms with Gasteiger partial charge in [0.2, 0.25) is 11.8 Å². The van der Waals surface area contributed by atoms with Gasteiger partial charge in [-0.25, -0.2) is 0 Å². The van der Waals surface area contributed by atoms with Gasteiger partial charge in [0, 0.05) is 33.1 Å². The first-order chi connectivity index (χ1) is 7.97. The average molecular weight is 241 g/mol. The fourth-order valence-electron chi connectivity index (χ4n) is 2.11. The van der Waals surface area contributed by atoms with Gasteiger partial charge >= 0.3 is 0 Å². The zero-order valence-electron chi connectivity index (χ0n) is 11.0. The summed E-state index contributed by atoms with van der Waals surface area (Å²) in [6, 6.07) is -0.375. The Morgan fingerprint density at radius 2 is 2.12 bits per heavy atom. The summed E-state index contributed by atoms with van der Waals surface area (Å²) in [6.07, 6.45) is 2.79. The number of amides is 2. The van der Waals surface area contributed by atoms with Crippen molar-refractivity contribution in [2.45, 2.75) is 44.7 Å². The molecule has 5 nitrogen and oxygen atoms in total. The lowest BCUT2D eigenvalue weighted by molar-refractivity contribution is -0.142. The third-order valence-corrected chi connectivity index (χ3v) is 3.26. The van der Waals surface area contributed by atoms with E-state index in [1.807, 2.05) is 6.92 Å². The molecule has 0 aromatic carbocycles.